The average Bonchev–Trinajstić information content (AvgIpc) is 3.08. The minimum atomic E-state index is 0.0736. The molecule has 0 fully saturated rings. The summed E-state index contributed by atoms with van der Waals surface area (Å²) in [6.07, 6.45) is 1.76. The molecule has 4 heteroatoms. The van der Waals surface area contributed by atoms with Gasteiger partial charge in [0.1, 0.15) is 0 Å². The second kappa shape index (κ2) is 6.16. The Morgan fingerprint density at radius 1 is 0.875 bits per heavy atom. The van der Waals surface area contributed by atoms with Gasteiger partial charge in [0.25, 0.3) is 0 Å². The van der Waals surface area contributed by atoms with E-state index in [0.717, 1.165) is 16.6 Å². The number of aromatic amines is 1. The van der Waals surface area contributed by atoms with Gasteiger partial charge in [0.15, 0.2) is 5.52 Å². The second-order valence-electron chi connectivity index (χ2n) is 5.61. The van der Waals surface area contributed by atoms with Crippen LogP contribution >= 0.6 is 0 Å². The van der Waals surface area contributed by atoms with Crippen molar-refractivity contribution in [3.63, 3.8) is 0 Å². The second-order valence-corrected chi connectivity index (χ2v) is 5.61. The maximum atomic E-state index is 5.34. The molecule has 0 amide bonds. The number of aromatic nitrogens is 3. The van der Waals surface area contributed by atoms with E-state index < -0.39 is 0 Å². The highest BCUT2D eigenvalue weighted by atomic mass is 16.5. The predicted octanol–water partition coefficient (Wildman–Crippen LogP) is 4.15. The van der Waals surface area contributed by atoms with Crippen molar-refractivity contribution in [2.45, 2.75) is 5.92 Å². The number of hydrogen-bond acceptors (Lipinski definition) is 3. The Morgan fingerprint density at radius 3 is 2.08 bits per heavy atom. The molecule has 24 heavy (non-hydrogen) atoms. The first-order valence-corrected chi connectivity index (χ1v) is 7.85. The lowest BCUT2D eigenvalue weighted by atomic mass is 9.87. The Kier molecular flexibility index (Phi) is 3.71. The summed E-state index contributed by atoms with van der Waals surface area (Å²) < 4.78 is 5.34. The third kappa shape index (κ3) is 2.42. The Labute approximate surface area is 140 Å². The summed E-state index contributed by atoms with van der Waals surface area (Å²) in [6.45, 7) is 0. The van der Waals surface area contributed by atoms with Crippen LogP contribution in [0.5, 0.6) is 5.88 Å². The Balaban J connectivity index is 1.95. The van der Waals surface area contributed by atoms with Gasteiger partial charge in [-0.2, -0.15) is 5.10 Å². The fourth-order valence-corrected chi connectivity index (χ4v) is 3.12. The van der Waals surface area contributed by atoms with Crippen LogP contribution < -0.4 is 4.74 Å². The van der Waals surface area contributed by atoms with Crippen LogP contribution in [0.15, 0.2) is 72.9 Å². The van der Waals surface area contributed by atoms with E-state index in [2.05, 4.69) is 63.7 Å². The first kappa shape index (κ1) is 14.5. The molecular weight excluding hydrogens is 298 g/mol. The van der Waals surface area contributed by atoms with Crippen molar-refractivity contribution in [2.24, 2.45) is 0 Å². The lowest BCUT2D eigenvalue weighted by Gasteiger charge is -2.17. The number of benzene rings is 2. The Morgan fingerprint density at radius 2 is 1.50 bits per heavy atom. The van der Waals surface area contributed by atoms with Gasteiger partial charge in [0, 0.05) is 11.6 Å². The molecule has 0 aliphatic carbocycles. The highest BCUT2D eigenvalue weighted by Crippen LogP contribution is 2.35. The summed E-state index contributed by atoms with van der Waals surface area (Å²) in [5.41, 5.74) is 4.23. The molecule has 0 bridgehead atoms. The van der Waals surface area contributed by atoms with Crippen molar-refractivity contribution in [1.82, 2.24) is 15.2 Å². The van der Waals surface area contributed by atoms with Crippen molar-refractivity contribution in [1.29, 1.82) is 0 Å². The maximum absolute atomic E-state index is 5.34. The topological polar surface area (TPSA) is 50.8 Å². The van der Waals surface area contributed by atoms with Crippen LogP contribution in [0.25, 0.3) is 10.9 Å². The van der Waals surface area contributed by atoms with Gasteiger partial charge in [0.05, 0.1) is 18.7 Å². The van der Waals surface area contributed by atoms with Crippen LogP contribution in [0.4, 0.5) is 0 Å². The maximum Gasteiger partial charge on any atom is 0.242 e. The van der Waals surface area contributed by atoms with E-state index in [4.69, 9.17) is 4.74 Å². The molecule has 2 aromatic carbocycles. The molecule has 4 rings (SSSR count). The van der Waals surface area contributed by atoms with Gasteiger partial charge in [-0.3, -0.25) is 5.10 Å². The van der Waals surface area contributed by atoms with Crippen LogP contribution in [-0.4, -0.2) is 22.3 Å². The standard InChI is InChI=1S/C20H17N3O/c1-24-20-19-16(12-13-21-20)18(22-23-19)17(14-8-4-2-5-9-14)15-10-6-3-7-11-15/h2-13,17H,1H3,(H,22,23). The molecular formula is C20H17N3O. The molecule has 2 aromatic heterocycles. The highest BCUT2D eigenvalue weighted by molar-refractivity contribution is 5.86. The summed E-state index contributed by atoms with van der Waals surface area (Å²) in [6, 6.07) is 22.9. The lowest BCUT2D eigenvalue weighted by Crippen LogP contribution is -2.04. The summed E-state index contributed by atoms with van der Waals surface area (Å²) in [4.78, 5) is 4.24. The van der Waals surface area contributed by atoms with Gasteiger partial charge in [0.2, 0.25) is 5.88 Å². The predicted molar refractivity (Wildman–Crippen MR) is 94.3 cm³/mol. The van der Waals surface area contributed by atoms with Gasteiger partial charge in [-0.25, -0.2) is 4.98 Å². The van der Waals surface area contributed by atoms with Gasteiger partial charge in [-0.05, 0) is 17.2 Å². The van der Waals surface area contributed by atoms with Crippen molar-refractivity contribution in [3.8, 4) is 5.88 Å². The van der Waals surface area contributed by atoms with Crippen LogP contribution in [0, 0.1) is 0 Å². The van der Waals surface area contributed by atoms with Crippen LogP contribution in [0.1, 0.15) is 22.7 Å². The van der Waals surface area contributed by atoms with Crippen LogP contribution in [-0.2, 0) is 0 Å². The molecule has 4 aromatic rings. The fraction of sp³-hybridized carbons (Fsp3) is 0.100. The molecule has 0 radical (unpaired) electrons. The number of methoxy groups -OCH3 is 1. The van der Waals surface area contributed by atoms with Gasteiger partial charge < -0.3 is 4.74 Å². The summed E-state index contributed by atoms with van der Waals surface area (Å²) >= 11 is 0. The largest absolute Gasteiger partial charge is 0.479 e. The number of ether oxygens (including phenoxy) is 1. The normalized spacial score (nSPS) is 11.1. The van der Waals surface area contributed by atoms with Gasteiger partial charge in [-0.15, -0.1) is 0 Å². The zero-order valence-corrected chi connectivity index (χ0v) is 13.3. The Bertz CT molecular complexity index is 909. The molecule has 0 saturated carbocycles. The molecule has 0 saturated heterocycles. The monoisotopic (exact) mass is 315 g/mol. The van der Waals surface area contributed by atoms with E-state index in [0.29, 0.717) is 5.88 Å². The number of hydrogen-bond donors (Lipinski definition) is 1. The summed E-state index contributed by atoms with van der Waals surface area (Å²) in [5.74, 6) is 0.611. The number of pyridine rings is 1. The minimum Gasteiger partial charge on any atom is -0.479 e. The number of nitrogens with zero attached hydrogens (tertiary/aromatic N) is 2. The number of H-pyrrole nitrogens is 1. The average molecular weight is 315 g/mol. The van der Waals surface area contributed by atoms with Crippen molar-refractivity contribution < 1.29 is 4.74 Å². The van der Waals surface area contributed by atoms with Crippen LogP contribution in [0.3, 0.4) is 0 Å². The third-order valence-corrected chi connectivity index (χ3v) is 4.22. The molecule has 0 atom stereocenters. The first-order valence-electron chi connectivity index (χ1n) is 7.85. The molecule has 0 aliphatic rings. The van der Waals surface area contributed by atoms with E-state index >= 15 is 0 Å². The van der Waals surface area contributed by atoms with E-state index in [-0.39, 0.29) is 5.92 Å². The quantitative estimate of drug-likeness (QED) is 0.615. The van der Waals surface area contributed by atoms with E-state index in [1.165, 1.54) is 11.1 Å². The molecule has 0 spiro atoms. The zero-order valence-electron chi connectivity index (χ0n) is 13.3. The summed E-state index contributed by atoms with van der Waals surface area (Å²) in [5, 5.41) is 8.69. The molecule has 1 N–H and O–H groups in total. The highest BCUT2D eigenvalue weighted by Gasteiger charge is 2.22. The van der Waals surface area contributed by atoms with Crippen molar-refractivity contribution >= 4 is 10.9 Å². The number of fused-ring (bicyclic) bond motifs is 1. The lowest BCUT2D eigenvalue weighted by molar-refractivity contribution is 0.402. The summed E-state index contributed by atoms with van der Waals surface area (Å²) in [7, 11) is 1.61. The number of rotatable bonds is 4. The molecule has 118 valence electrons. The van der Waals surface area contributed by atoms with Crippen molar-refractivity contribution in [2.75, 3.05) is 7.11 Å². The molecule has 0 aliphatic heterocycles. The van der Waals surface area contributed by atoms with Crippen molar-refractivity contribution in [3.05, 3.63) is 89.7 Å². The van der Waals surface area contributed by atoms with Gasteiger partial charge >= 0.3 is 0 Å². The zero-order chi connectivity index (χ0) is 16.4. The fourth-order valence-electron chi connectivity index (χ4n) is 3.12. The number of nitrogens with one attached hydrogen (secondary N) is 1. The molecule has 2 heterocycles. The Hall–Kier alpha value is -3.14. The molecule has 0 unspecified atom stereocenters. The SMILES string of the molecule is COc1nccc2c(C(c3ccccc3)c3ccccc3)[nH]nc12. The smallest absolute Gasteiger partial charge is 0.242 e. The molecule has 4 nitrogen and oxygen atoms in total. The van der Waals surface area contributed by atoms with E-state index in [1.807, 2.05) is 18.2 Å². The van der Waals surface area contributed by atoms with Crippen LogP contribution in [0.2, 0.25) is 0 Å². The van der Waals surface area contributed by atoms with E-state index in [1.54, 1.807) is 13.3 Å². The van der Waals surface area contributed by atoms with Gasteiger partial charge in [-0.1, -0.05) is 60.7 Å². The van der Waals surface area contributed by atoms with E-state index in [9.17, 15) is 0 Å². The third-order valence-electron chi connectivity index (χ3n) is 4.22. The first-order chi connectivity index (χ1) is 11.9. The minimum absolute atomic E-state index is 0.0736.